The Balaban J connectivity index is 2.41. The molecule has 0 spiro atoms. The van der Waals surface area contributed by atoms with Crippen molar-refractivity contribution in [2.75, 3.05) is 0 Å². The molecule has 0 fully saturated rings. The van der Waals surface area contributed by atoms with Crippen molar-refractivity contribution >= 4 is 11.6 Å². The Hall–Kier alpha value is -1.41. The largest absolute Gasteiger partial charge is 0.233 e. The van der Waals surface area contributed by atoms with Crippen molar-refractivity contribution in [3.8, 4) is 11.3 Å². The highest BCUT2D eigenvalue weighted by Gasteiger charge is 2.03. The van der Waals surface area contributed by atoms with E-state index in [4.69, 9.17) is 11.6 Å². The van der Waals surface area contributed by atoms with Crippen molar-refractivity contribution in [2.24, 2.45) is 0 Å². The van der Waals surface area contributed by atoms with Crippen molar-refractivity contribution in [3.05, 3.63) is 46.9 Å². The normalized spacial score (nSPS) is 10.5. The summed E-state index contributed by atoms with van der Waals surface area (Å²) in [6.45, 7) is 4.03. The summed E-state index contributed by atoms with van der Waals surface area (Å²) < 4.78 is 0. The molecule has 1 aromatic carbocycles. The van der Waals surface area contributed by atoms with Crippen molar-refractivity contribution in [1.82, 2.24) is 9.97 Å². The molecule has 0 unspecified atom stereocenters. The van der Waals surface area contributed by atoms with Crippen LogP contribution in [0, 0.1) is 6.92 Å². The summed E-state index contributed by atoms with van der Waals surface area (Å²) in [6, 6.07) is 10.2. The van der Waals surface area contributed by atoms with Gasteiger partial charge in [-0.2, -0.15) is 0 Å². The molecule has 17 heavy (non-hydrogen) atoms. The molecule has 0 atom stereocenters. The molecule has 1 heterocycles. The Labute approximate surface area is 107 Å². The minimum Gasteiger partial charge on any atom is -0.233 e. The van der Waals surface area contributed by atoms with Crippen LogP contribution in [0.15, 0.2) is 30.3 Å². The number of aryl methyl sites for hydroxylation is 2. The van der Waals surface area contributed by atoms with Gasteiger partial charge in [0.1, 0.15) is 11.0 Å². The van der Waals surface area contributed by atoms with Gasteiger partial charge in [-0.25, -0.2) is 9.97 Å². The molecule has 3 heteroatoms. The lowest BCUT2D eigenvalue weighted by atomic mass is 10.0. The third-order valence-corrected chi connectivity index (χ3v) is 2.76. The van der Waals surface area contributed by atoms with E-state index in [-0.39, 0.29) is 0 Å². The summed E-state index contributed by atoms with van der Waals surface area (Å²) in [5, 5.41) is 0.494. The van der Waals surface area contributed by atoms with E-state index in [1.165, 1.54) is 5.56 Å². The molecule has 0 N–H and O–H groups in total. The van der Waals surface area contributed by atoms with Gasteiger partial charge in [0.2, 0.25) is 0 Å². The van der Waals surface area contributed by atoms with Crippen LogP contribution in [0.1, 0.15) is 24.7 Å². The van der Waals surface area contributed by atoms with Gasteiger partial charge >= 0.3 is 0 Å². The first kappa shape index (κ1) is 12.1. The average Bonchev–Trinajstić information content (AvgIpc) is 2.28. The number of hydrogen-bond acceptors (Lipinski definition) is 2. The molecule has 0 aliphatic heterocycles. The molecule has 2 aromatic rings. The SMILES string of the molecule is CCCc1cccc(-c2cc(Cl)nc(C)n2)c1. The number of benzene rings is 1. The second-order valence-electron chi connectivity index (χ2n) is 4.07. The molecular formula is C14H15ClN2. The Morgan fingerprint density at radius 3 is 2.71 bits per heavy atom. The van der Waals surface area contributed by atoms with Gasteiger partial charge in [0.25, 0.3) is 0 Å². The predicted molar refractivity (Wildman–Crippen MR) is 71.2 cm³/mol. The van der Waals surface area contributed by atoms with Crippen molar-refractivity contribution in [3.63, 3.8) is 0 Å². The molecule has 0 saturated carbocycles. The number of hydrogen-bond donors (Lipinski definition) is 0. The fraction of sp³-hybridized carbons (Fsp3) is 0.286. The quantitative estimate of drug-likeness (QED) is 0.764. The molecule has 2 nitrogen and oxygen atoms in total. The van der Waals surface area contributed by atoms with E-state index in [1.807, 2.05) is 6.92 Å². The van der Waals surface area contributed by atoms with E-state index in [2.05, 4.69) is 41.2 Å². The molecule has 1 aromatic heterocycles. The van der Waals surface area contributed by atoms with Crippen molar-refractivity contribution in [1.29, 1.82) is 0 Å². The first-order valence-corrected chi connectivity index (χ1v) is 6.17. The van der Waals surface area contributed by atoms with Gasteiger partial charge in [-0.1, -0.05) is 43.1 Å². The maximum Gasteiger partial charge on any atom is 0.133 e. The van der Waals surface area contributed by atoms with E-state index in [9.17, 15) is 0 Å². The number of rotatable bonds is 3. The average molecular weight is 247 g/mol. The zero-order chi connectivity index (χ0) is 12.3. The molecule has 88 valence electrons. The van der Waals surface area contributed by atoms with Gasteiger partial charge in [-0.05, 0) is 25.0 Å². The van der Waals surface area contributed by atoms with Gasteiger partial charge < -0.3 is 0 Å². The first-order chi connectivity index (χ1) is 8.19. The molecule has 0 aliphatic rings. The highest BCUT2D eigenvalue weighted by Crippen LogP contribution is 2.21. The highest BCUT2D eigenvalue weighted by molar-refractivity contribution is 6.29. The topological polar surface area (TPSA) is 25.8 Å². The first-order valence-electron chi connectivity index (χ1n) is 5.79. The van der Waals surface area contributed by atoms with E-state index in [0.717, 1.165) is 24.1 Å². The fourth-order valence-electron chi connectivity index (χ4n) is 1.85. The molecule has 2 rings (SSSR count). The molecule has 0 bridgehead atoms. The lowest BCUT2D eigenvalue weighted by molar-refractivity contribution is 0.922. The minimum absolute atomic E-state index is 0.494. The van der Waals surface area contributed by atoms with Crippen LogP contribution >= 0.6 is 11.6 Å². The van der Waals surface area contributed by atoms with E-state index in [1.54, 1.807) is 6.07 Å². The van der Waals surface area contributed by atoms with E-state index >= 15 is 0 Å². The fourth-order valence-corrected chi connectivity index (χ4v) is 2.08. The van der Waals surface area contributed by atoms with Gasteiger partial charge in [0.15, 0.2) is 0 Å². The zero-order valence-electron chi connectivity index (χ0n) is 10.1. The van der Waals surface area contributed by atoms with E-state index < -0.39 is 0 Å². The summed E-state index contributed by atoms with van der Waals surface area (Å²) in [7, 11) is 0. The van der Waals surface area contributed by atoms with Crippen LogP contribution in [-0.4, -0.2) is 9.97 Å². The van der Waals surface area contributed by atoms with Crippen LogP contribution < -0.4 is 0 Å². The molecule has 0 amide bonds. The molecule has 0 radical (unpaired) electrons. The summed E-state index contributed by atoms with van der Waals surface area (Å²) in [5.41, 5.74) is 3.32. The Kier molecular flexibility index (Phi) is 3.75. The summed E-state index contributed by atoms with van der Waals surface area (Å²) in [4.78, 5) is 8.48. The second kappa shape index (κ2) is 5.28. The Morgan fingerprint density at radius 1 is 1.18 bits per heavy atom. The van der Waals surface area contributed by atoms with E-state index in [0.29, 0.717) is 11.0 Å². The van der Waals surface area contributed by atoms with Crippen LogP contribution in [0.2, 0.25) is 5.15 Å². The Bertz CT molecular complexity index is 503. The summed E-state index contributed by atoms with van der Waals surface area (Å²) in [5.74, 6) is 0.702. The number of aromatic nitrogens is 2. The Morgan fingerprint density at radius 2 is 2.00 bits per heavy atom. The third kappa shape index (κ3) is 3.04. The van der Waals surface area contributed by atoms with Gasteiger partial charge in [0, 0.05) is 11.6 Å². The highest BCUT2D eigenvalue weighted by atomic mass is 35.5. The monoisotopic (exact) mass is 246 g/mol. The lowest BCUT2D eigenvalue weighted by Gasteiger charge is -2.05. The van der Waals surface area contributed by atoms with Gasteiger partial charge in [-0.15, -0.1) is 0 Å². The van der Waals surface area contributed by atoms with Crippen LogP contribution in [0.4, 0.5) is 0 Å². The maximum atomic E-state index is 5.95. The number of nitrogens with zero attached hydrogens (tertiary/aromatic N) is 2. The van der Waals surface area contributed by atoms with Crippen molar-refractivity contribution < 1.29 is 0 Å². The van der Waals surface area contributed by atoms with Crippen LogP contribution in [-0.2, 0) is 6.42 Å². The molecular weight excluding hydrogens is 232 g/mol. The van der Waals surface area contributed by atoms with Crippen LogP contribution in [0.3, 0.4) is 0 Å². The molecule has 0 aliphatic carbocycles. The van der Waals surface area contributed by atoms with Gasteiger partial charge in [0.05, 0.1) is 5.69 Å². The third-order valence-electron chi connectivity index (χ3n) is 2.57. The minimum atomic E-state index is 0.494. The second-order valence-corrected chi connectivity index (χ2v) is 4.46. The maximum absolute atomic E-state index is 5.95. The predicted octanol–water partition coefficient (Wildman–Crippen LogP) is 4.06. The summed E-state index contributed by atoms with van der Waals surface area (Å²) in [6.07, 6.45) is 2.23. The standard InChI is InChI=1S/C14H15ClN2/c1-3-5-11-6-4-7-12(8-11)13-9-14(15)17-10(2)16-13/h4,6-9H,3,5H2,1-2H3. The van der Waals surface area contributed by atoms with Crippen LogP contribution in [0.25, 0.3) is 11.3 Å². The summed E-state index contributed by atoms with van der Waals surface area (Å²) >= 11 is 5.95. The van der Waals surface area contributed by atoms with Crippen molar-refractivity contribution in [2.45, 2.75) is 26.7 Å². The van der Waals surface area contributed by atoms with Gasteiger partial charge in [-0.3, -0.25) is 0 Å². The zero-order valence-corrected chi connectivity index (χ0v) is 10.8. The van der Waals surface area contributed by atoms with Crippen LogP contribution in [0.5, 0.6) is 0 Å². The lowest BCUT2D eigenvalue weighted by Crippen LogP contribution is -1.92. The smallest absolute Gasteiger partial charge is 0.133 e. The number of halogens is 1. The molecule has 0 saturated heterocycles.